The molecule has 0 bridgehead atoms. The third-order valence-corrected chi connectivity index (χ3v) is 4.23. The van der Waals surface area contributed by atoms with E-state index in [1.807, 2.05) is 34.9 Å². The number of carbonyl (C=O) groups is 1. The highest BCUT2D eigenvalue weighted by Gasteiger charge is 2.14. The number of methoxy groups -OCH3 is 1. The molecule has 2 aromatic heterocycles. The molecule has 0 spiro atoms. The largest absolute Gasteiger partial charge is 0.388 e. The summed E-state index contributed by atoms with van der Waals surface area (Å²) in [5, 5.41) is 16.6. The van der Waals surface area contributed by atoms with Gasteiger partial charge < -0.3 is 19.3 Å². The number of hydrogen-bond acceptors (Lipinski definition) is 5. The van der Waals surface area contributed by atoms with E-state index in [0.29, 0.717) is 31.9 Å². The molecule has 26 heavy (non-hydrogen) atoms. The summed E-state index contributed by atoms with van der Waals surface area (Å²) in [7, 11) is 3.38. The molecule has 8 heteroatoms. The third-order valence-electron chi connectivity index (χ3n) is 4.23. The Morgan fingerprint density at radius 1 is 1.38 bits per heavy atom. The van der Waals surface area contributed by atoms with E-state index in [1.54, 1.807) is 19.1 Å². The zero-order chi connectivity index (χ0) is 18.5. The van der Waals surface area contributed by atoms with Crippen molar-refractivity contribution in [2.45, 2.75) is 32.7 Å². The fourth-order valence-electron chi connectivity index (χ4n) is 2.95. The summed E-state index contributed by atoms with van der Waals surface area (Å²) in [4.78, 5) is 18.5. The lowest BCUT2D eigenvalue weighted by atomic mass is 10.3. The number of aliphatic hydroxyl groups excluding tert-OH is 1. The molecule has 0 fully saturated rings. The molecule has 8 nitrogen and oxygen atoms in total. The molecular formula is C18H23N5O3. The van der Waals surface area contributed by atoms with E-state index in [-0.39, 0.29) is 12.5 Å². The molecule has 138 valence electrons. The molecule has 1 aromatic carbocycles. The van der Waals surface area contributed by atoms with Gasteiger partial charge in [-0.1, -0.05) is 12.1 Å². The van der Waals surface area contributed by atoms with Crippen molar-refractivity contribution < 1.29 is 14.6 Å². The fourth-order valence-corrected chi connectivity index (χ4v) is 2.95. The number of carbonyl (C=O) groups excluding carboxylic acids is 1. The van der Waals surface area contributed by atoms with Crippen LogP contribution in [0.3, 0.4) is 0 Å². The van der Waals surface area contributed by atoms with Gasteiger partial charge in [-0.2, -0.15) is 5.10 Å². The number of nitrogens with one attached hydrogen (secondary N) is 1. The number of para-hydroxylation sites is 2. The number of rotatable bonds is 8. The Labute approximate surface area is 151 Å². The number of nitrogens with zero attached hydrogens (tertiary/aromatic N) is 4. The van der Waals surface area contributed by atoms with E-state index in [4.69, 9.17) is 4.74 Å². The minimum atomic E-state index is -0.158. The van der Waals surface area contributed by atoms with Gasteiger partial charge in [-0.05, 0) is 18.2 Å². The van der Waals surface area contributed by atoms with Crippen LogP contribution in [-0.4, -0.2) is 49.8 Å². The second kappa shape index (κ2) is 8.11. The average Bonchev–Trinajstić information content (AvgIpc) is 3.23. The average molecular weight is 357 g/mol. The summed E-state index contributed by atoms with van der Waals surface area (Å²) >= 11 is 0. The highest BCUT2D eigenvalue weighted by atomic mass is 16.5. The topological polar surface area (TPSA) is 96.3 Å². The predicted molar refractivity (Wildman–Crippen MR) is 96.0 cm³/mol. The van der Waals surface area contributed by atoms with Gasteiger partial charge in [-0.25, -0.2) is 4.98 Å². The second-order valence-electron chi connectivity index (χ2n) is 6.14. The van der Waals surface area contributed by atoms with Crippen molar-refractivity contribution in [2.24, 2.45) is 0 Å². The minimum absolute atomic E-state index is 0.00885. The highest BCUT2D eigenvalue weighted by molar-refractivity contribution is 5.78. The lowest BCUT2D eigenvalue weighted by molar-refractivity contribution is -0.130. The molecule has 1 amide bonds. The summed E-state index contributed by atoms with van der Waals surface area (Å²) in [6.07, 6.45) is 0.322. The van der Waals surface area contributed by atoms with Crippen LogP contribution in [0.4, 0.5) is 0 Å². The molecule has 0 atom stereocenters. The molecule has 2 N–H and O–H groups in total. The number of aryl methyl sites for hydroxylation is 1. The van der Waals surface area contributed by atoms with Gasteiger partial charge >= 0.3 is 0 Å². The van der Waals surface area contributed by atoms with Gasteiger partial charge in [0, 0.05) is 27.1 Å². The van der Waals surface area contributed by atoms with Crippen molar-refractivity contribution >= 4 is 16.9 Å². The first kappa shape index (κ1) is 18.1. The number of aromatic nitrogens is 4. The molecule has 0 unspecified atom stereocenters. The number of hydrogen-bond donors (Lipinski definition) is 2. The van der Waals surface area contributed by atoms with E-state index < -0.39 is 0 Å². The quantitative estimate of drug-likeness (QED) is 0.636. The standard InChI is InChI=1S/C18H23N5O3/c1-22(10-13-9-14(12-26-2)21-20-13)18(25)7-8-23-16-6-4-3-5-15(16)19-17(23)11-24/h3-6,9,24H,7-8,10-12H2,1-2H3,(H,20,21). The normalized spacial score (nSPS) is 11.2. The monoisotopic (exact) mass is 357 g/mol. The zero-order valence-electron chi connectivity index (χ0n) is 15.0. The molecule has 0 aliphatic heterocycles. The Morgan fingerprint density at radius 3 is 2.96 bits per heavy atom. The minimum Gasteiger partial charge on any atom is -0.388 e. The molecule has 0 radical (unpaired) electrons. The van der Waals surface area contributed by atoms with Gasteiger partial charge in [-0.15, -0.1) is 0 Å². The van der Waals surface area contributed by atoms with Crippen LogP contribution in [-0.2, 0) is 35.8 Å². The summed E-state index contributed by atoms with van der Waals surface area (Å²) in [6, 6.07) is 9.56. The Bertz CT molecular complexity index is 886. The first-order chi connectivity index (χ1) is 12.6. The smallest absolute Gasteiger partial charge is 0.224 e. The maximum atomic E-state index is 12.5. The first-order valence-corrected chi connectivity index (χ1v) is 8.43. The molecule has 3 rings (SSSR count). The lowest BCUT2D eigenvalue weighted by Gasteiger charge is -2.17. The van der Waals surface area contributed by atoms with Gasteiger partial charge in [-0.3, -0.25) is 9.89 Å². The van der Waals surface area contributed by atoms with Crippen LogP contribution in [0.5, 0.6) is 0 Å². The number of benzene rings is 1. The van der Waals surface area contributed by atoms with E-state index in [1.165, 1.54) is 0 Å². The van der Waals surface area contributed by atoms with Crippen LogP contribution in [0.15, 0.2) is 30.3 Å². The van der Waals surface area contributed by atoms with Crippen molar-refractivity contribution in [3.8, 4) is 0 Å². The maximum Gasteiger partial charge on any atom is 0.224 e. The van der Waals surface area contributed by atoms with Gasteiger partial charge in [0.2, 0.25) is 5.91 Å². The molecular weight excluding hydrogens is 334 g/mol. The number of aliphatic hydroxyl groups is 1. The first-order valence-electron chi connectivity index (χ1n) is 8.43. The van der Waals surface area contributed by atoms with Crippen molar-refractivity contribution in [3.63, 3.8) is 0 Å². The van der Waals surface area contributed by atoms with E-state index in [9.17, 15) is 9.90 Å². The predicted octanol–water partition coefficient (Wildman–Crippen LogP) is 1.45. The zero-order valence-corrected chi connectivity index (χ0v) is 15.0. The SMILES string of the molecule is COCc1cc(CN(C)C(=O)CCn2c(CO)nc3ccccc32)[nH]n1. The van der Waals surface area contributed by atoms with Gasteiger partial charge in [0.1, 0.15) is 12.4 Å². The van der Waals surface area contributed by atoms with Crippen molar-refractivity contribution in [1.82, 2.24) is 24.6 Å². The molecule has 0 aliphatic rings. The summed E-state index contributed by atoms with van der Waals surface area (Å²) < 4.78 is 6.94. The van der Waals surface area contributed by atoms with Crippen molar-refractivity contribution in [2.75, 3.05) is 14.2 Å². The Hall–Kier alpha value is -2.71. The Morgan fingerprint density at radius 2 is 2.19 bits per heavy atom. The molecule has 0 saturated carbocycles. The highest BCUT2D eigenvalue weighted by Crippen LogP contribution is 2.17. The number of H-pyrrole nitrogens is 1. The number of ether oxygens (including phenoxy) is 1. The van der Waals surface area contributed by atoms with E-state index in [2.05, 4.69) is 15.2 Å². The van der Waals surface area contributed by atoms with E-state index >= 15 is 0 Å². The van der Waals surface area contributed by atoms with Crippen LogP contribution in [0.1, 0.15) is 23.6 Å². The number of aromatic amines is 1. The summed E-state index contributed by atoms with van der Waals surface area (Å²) in [5.41, 5.74) is 3.41. The lowest BCUT2D eigenvalue weighted by Crippen LogP contribution is -2.27. The van der Waals surface area contributed by atoms with Crippen molar-refractivity contribution in [3.05, 3.63) is 47.5 Å². The van der Waals surface area contributed by atoms with Crippen LogP contribution >= 0.6 is 0 Å². The van der Waals surface area contributed by atoms with Crippen LogP contribution in [0.25, 0.3) is 11.0 Å². The number of imidazole rings is 1. The summed E-state index contributed by atoms with van der Waals surface area (Å²) in [6.45, 7) is 1.20. The number of amides is 1. The van der Waals surface area contributed by atoms with Gasteiger partial charge in [0.15, 0.2) is 0 Å². The molecule has 0 saturated heterocycles. The van der Waals surface area contributed by atoms with Gasteiger partial charge in [0.25, 0.3) is 0 Å². The van der Waals surface area contributed by atoms with Crippen LogP contribution < -0.4 is 0 Å². The van der Waals surface area contributed by atoms with Crippen LogP contribution in [0.2, 0.25) is 0 Å². The summed E-state index contributed by atoms with van der Waals surface area (Å²) in [5.74, 6) is 0.578. The van der Waals surface area contributed by atoms with Crippen LogP contribution in [0, 0.1) is 0 Å². The third kappa shape index (κ3) is 3.92. The molecule has 0 aliphatic carbocycles. The Kier molecular flexibility index (Phi) is 5.65. The fraction of sp³-hybridized carbons (Fsp3) is 0.389. The Balaban J connectivity index is 1.63. The van der Waals surface area contributed by atoms with E-state index in [0.717, 1.165) is 22.4 Å². The van der Waals surface area contributed by atoms with Crippen molar-refractivity contribution in [1.29, 1.82) is 0 Å². The van der Waals surface area contributed by atoms with Gasteiger partial charge in [0.05, 0.1) is 35.6 Å². The molecule has 2 heterocycles. The second-order valence-corrected chi connectivity index (χ2v) is 6.14. The maximum absolute atomic E-state index is 12.5. The molecule has 3 aromatic rings. The number of fused-ring (bicyclic) bond motifs is 1.